The highest BCUT2D eigenvalue weighted by Crippen LogP contribution is 2.36. The summed E-state index contributed by atoms with van der Waals surface area (Å²) in [5, 5.41) is 9.81. The van der Waals surface area contributed by atoms with Crippen molar-refractivity contribution >= 4 is 30.0 Å². The van der Waals surface area contributed by atoms with Gasteiger partial charge in [0, 0.05) is 48.6 Å². The number of methoxy groups -OCH3 is 2. The molecule has 1 atom stereocenters. The standard InChI is InChI=1S/C21H19ClF3N3O5.ClH/c1-32-6-5-16(20(30)31)28-9-17(33-2)14(8-19(28)29)13-7-12(22)3-4-15(13)27-10-18(26-11-27)21(23,24)25;/h3-4,7-11,16H,5-6H2,1-2H3,(H,30,31);1H. The lowest BCUT2D eigenvalue weighted by atomic mass is 10.0. The van der Waals surface area contributed by atoms with Crippen LogP contribution in [0.3, 0.4) is 0 Å². The van der Waals surface area contributed by atoms with Gasteiger partial charge in [0.2, 0.25) is 0 Å². The lowest BCUT2D eigenvalue weighted by Gasteiger charge is -2.19. The normalized spacial score (nSPS) is 12.2. The number of pyridine rings is 1. The van der Waals surface area contributed by atoms with Gasteiger partial charge in [-0.05, 0) is 18.2 Å². The molecule has 0 amide bonds. The molecule has 0 aliphatic carbocycles. The molecule has 1 aromatic carbocycles. The van der Waals surface area contributed by atoms with E-state index in [-0.39, 0.29) is 47.5 Å². The Morgan fingerprint density at radius 1 is 1.21 bits per heavy atom. The van der Waals surface area contributed by atoms with E-state index in [4.69, 9.17) is 21.1 Å². The fourth-order valence-electron chi connectivity index (χ4n) is 3.31. The van der Waals surface area contributed by atoms with Gasteiger partial charge in [-0.1, -0.05) is 11.6 Å². The molecule has 2 heterocycles. The first-order valence-electron chi connectivity index (χ1n) is 9.50. The average Bonchev–Trinajstić information content (AvgIpc) is 3.25. The zero-order valence-corrected chi connectivity index (χ0v) is 19.4. The Kier molecular flexibility index (Phi) is 8.76. The van der Waals surface area contributed by atoms with Crippen LogP contribution in [0.5, 0.6) is 5.75 Å². The number of alkyl halides is 3. The highest BCUT2D eigenvalue weighted by atomic mass is 35.5. The van der Waals surface area contributed by atoms with Crippen molar-refractivity contribution in [2.24, 2.45) is 0 Å². The van der Waals surface area contributed by atoms with E-state index in [9.17, 15) is 27.9 Å². The number of carboxylic acid groups (broad SMARTS) is 1. The van der Waals surface area contributed by atoms with E-state index >= 15 is 0 Å². The SMILES string of the molecule is COCCC(C(=O)O)n1cc(OC)c(-c2cc(Cl)ccc2-n2cnc(C(F)(F)F)c2)cc1=O.Cl. The van der Waals surface area contributed by atoms with Crippen molar-refractivity contribution in [2.75, 3.05) is 20.8 Å². The minimum Gasteiger partial charge on any atom is -0.495 e. The van der Waals surface area contributed by atoms with E-state index < -0.39 is 29.4 Å². The van der Waals surface area contributed by atoms with Crippen molar-refractivity contribution in [1.29, 1.82) is 0 Å². The minimum absolute atomic E-state index is 0. The number of hydrogen-bond donors (Lipinski definition) is 1. The van der Waals surface area contributed by atoms with Crippen LogP contribution in [-0.2, 0) is 15.7 Å². The molecule has 34 heavy (non-hydrogen) atoms. The van der Waals surface area contributed by atoms with Crippen LogP contribution in [0.25, 0.3) is 16.8 Å². The van der Waals surface area contributed by atoms with Crippen molar-refractivity contribution in [3.8, 4) is 22.6 Å². The summed E-state index contributed by atoms with van der Waals surface area (Å²) in [6.07, 6.45) is -1.55. The molecular weight excluding hydrogens is 502 g/mol. The zero-order chi connectivity index (χ0) is 24.3. The average molecular weight is 522 g/mol. The molecule has 0 aliphatic rings. The Morgan fingerprint density at radius 3 is 2.47 bits per heavy atom. The predicted octanol–water partition coefficient (Wildman–Crippen LogP) is 4.47. The van der Waals surface area contributed by atoms with Crippen LogP contribution in [-0.4, -0.2) is 46.0 Å². The molecule has 3 aromatic rings. The van der Waals surface area contributed by atoms with Crippen LogP contribution in [0, 0.1) is 0 Å². The molecular formula is C21H20Cl2F3N3O5. The molecule has 0 spiro atoms. The van der Waals surface area contributed by atoms with Crippen molar-refractivity contribution in [3.63, 3.8) is 0 Å². The molecule has 1 unspecified atom stereocenters. The Balaban J connectivity index is 0.00000408. The van der Waals surface area contributed by atoms with Crippen molar-refractivity contribution in [2.45, 2.75) is 18.6 Å². The van der Waals surface area contributed by atoms with Crippen LogP contribution >= 0.6 is 24.0 Å². The van der Waals surface area contributed by atoms with E-state index in [0.29, 0.717) is 5.56 Å². The second-order valence-corrected chi connectivity index (χ2v) is 7.40. The molecule has 0 radical (unpaired) electrons. The summed E-state index contributed by atoms with van der Waals surface area (Å²) in [7, 11) is 2.73. The number of carbonyl (C=O) groups is 1. The predicted molar refractivity (Wildman–Crippen MR) is 120 cm³/mol. The fourth-order valence-corrected chi connectivity index (χ4v) is 3.48. The van der Waals surface area contributed by atoms with Crippen molar-refractivity contribution in [3.05, 3.63) is 64.1 Å². The maximum atomic E-state index is 13.0. The second-order valence-electron chi connectivity index (χ2n) is 6.96. The Morgan fingerprint density at radius 2 is 1.91 bits per heavy atom. The van der Waals surface area contributed by atoms with Gasteiger partial charge in [0.15, 0.2) is 5.69 Å². The molecule has 184 valence electrons. The second kappa shape index (κ2) is 10.9. The molecule has 0 aliphatic heterocycles. The molecule has 0 bridgehead atoms. The van der Waals surface area contributed by atoms with Crippen molar-refractivity contribution in [1.82, 2.24) is 14.1 Å². The Labute approximate surface area is 202 Å². The highest BCUT2D eigenvalue weighted by molar-refractivity contribution is 6.31. The van der Waals surface area contributed by atoms with Gasteiger partial charge >= 0.3 is 12.1 Å². The van der Waals surface area contributed by atoms with E-state index in [0.717, 1.165) is 27.7 Å². The number of aliphatic carboxylic acids is 1. The van der Waals surface area contributed by atoms with Gasteiger partial charge in [-0.3, -0.25) is 9.36 Å². The lowest BCUT2D eigenvalue weighted by molar-refractivity contribution is -0.142. The number of hydrogen-bond acceptors (Lipinski definition) is 5. The summed E-state index contributed by atoms with van der Waals surface area (Å²) in [5.41, 5.74) is -0.977. The van der Waals surface area contributed by atoms with Crippen LogP contribution in [0.4, 0.5) is 13.2 Å². The molecule has 0 saturated heterocycles. The molecule has 0 fully saturated rings. The van der Waals surface area contributed by atoms with Crippen molar-refractivity contribution < 1.29 is 32.5 Å². The first kappa shape index (κ1) is 27.2. The molecule has 13 heteroatoms. The van der Waals surface area contributed by atoms with Gasteiger partial charge < -0.3 is 19.1 Å². The van der Waals surface area contributed by atoms with E-state index in [2.05, 4.69) is 4.98 Å². The molecule has 8 nitrogen and oxygen atoms in total. The third-order valence-electron chi connectivity index (χ3n) is 4.88. The maximum absolute atomic E-state index is 13.0. The number of imidazole rings is 1. The van der Waals surface area contributed by atoms with Crippen LogP contribution in [0.15, 0.2) is 47.8 Å². The van der Waals surface area contributed by atoms with Gasteiger partial charge in [-0.25, -0.2) is 9.78 Å². The van der Waals surface area contributed by atoms with Gasteiger partial charge in [0.05, 0.1) is 25.3 Å². The fraction of sp³-hybridized carbons (Fsp3) is 0.286. The molecule has 2 aromatic heterocycles. The number of nitrogens with zero attached hydrogens (tertiary/aromatic N) is 3. The number of rotatable bonds is 8. The Hall–Kier alpha value is -3.02. The number of benzene rings is 1. The van der Waals surface area contributed by atoms with E-state index in [1.165, 1.54) is 38.6 Å². The first-order valence-corrected chi connectivity index (χ1v) is 9.88. The van der Waals surface area contributed by atoms with Gasteiger partial charge in [0.25, 0.3) is 5.56 Å². The molecule has 1 N–H and O–H groups in total. The van der Waals surface area contributed by atoms with Gasteiger partial charge in [-0.15, -0.1) is 12.4 Å². The summed E-state index contributed by atoms with van der Waals surface area (Å²) in [5.74, 6) is -1.11. The Bertz CT molecular complexity index is 1230. The number of carboxylic acids is 1. The number of halogens is 5. The number of aromatic nitrogens is 3. The largest absolute Gasteiger partial charge is 0.495 e. The summed E-state index contributed by atoms with van der Waals surface area (Å²) in [4.78, 5) is 28.0. The third kappa shape index (κ3) is 5.72. The summed E-state index contributed by atoms with van der Waals surface area (Å²) >= 11 is 6.13. The summed E-state index contributed by atoms with van der Waals surface area (Å²) in [6.45, 7) is 0.105. The van der Waals surface area contributed by atoms with Crippen LogP contribution < -0.4 is 10.3 Å². The van der Waals surface area contributed by atoms with Gasteiger partial charge in [-0.2, -0.15) is 13.2 Å². The zero-order valence-electron chi connectivity index (χ0n) is 17.9. The lowest BCUT2D eigenvalue weighted by Crippen LogP contribution is -2.30. The number of ether oxygens (including phenoxy) is 2. The summed E-state index contributed by atoms with van der Waals surface area (Å²) < 4.78 is 51.6. The summed E-state index contributed by atoms with van der Waals surface area (Å²) in [6, 6.07) is 4.36. The van der Waals surface area contributed by atoms with E-state index in [1.807, 2.05) is 0 Å². The smallest absolute Gasteiger partial charge is 0.434 e. The topological polar surface area (TPSA) is 95.6 Å². The van der Waals surface area contributed by atoms with Crippen LogP contribution in [0.2, 0.25) is 5.02 Å². The van der Waals surface area contributed by atoms with E-state index in [1.54, 1.807) is 0 Å². The maximum Gasteiger partial charge on any atom is 0.434 e. The van der Waals surface area contributed by atoms with Gasteiger partial charge in [0.1, 0.15) is 11.8 Å². The highest BCUT2D eigenvalue weighted by Gasteiger charge is 2.34. The molecule has 3 rings (SSSR count). The first-order chi connectivity index (χ1) is 15.6. The quantitative estimate of drug-likeness (QED) is 0.470. The van der Waals surface area contributed by atoms with Crippen LogP contribution in [0.1, 0.15) is 18.2 Å². The molecule has 0 saturated carbocycles. The third-order valence-corrected chi connectivity index (χ3v) is 5.12. The minimum atomic E-state index is -4.63. The monoisotopic (exact) mass is 521 g/mol.